The number of anilines is 2. The standard InChI is InChI=1S/C16H27N3O2/c1-6-9-19(11-16(20)18(4)5)13-7-8-14(17)15(10-13)21-12(2)3/h7-8,10,12H,6,9,11,17H2,1-5H3. The number of hydrogen-bond acceptors (Lipinski definition) is 4. The average molecular weight is 293 g/mol. The van der Waals surface area contributed by atoms with Crippen LogP contribution >= 0.6 is 0 Å². The molecular formula is C16H27N3O2. The molecule has 0 bridgehead atoms. The van der Waals surface area contributed by atoms with Gasteiger partial charge in [0.2, 0.25) is 5.91 Å². The van der Waals surface area contributed by atoms with E-state index in [9.17, 15) is 4.79 Å². The molecule has 1 rings (SSSR count). The highest BCUT2D eigenvalue weighted by Gasteiger charge is 2.14. The summed E-state index contributed by atoms with van der Waals surface area (Å²) in [7, 11) is 3.53. The second kappa shape index (κ2) is 7.76. The van der Waals surface area contributed by atoms with Crippen LogP contribution in [0.4, 0.5) is 11.4 Å². The number of benzene rings is 1. The molecule has 0 aliphatic heterocycles. The van der Waals surface area contributed by atoms with Gasteiger partial charge in [-0.15, -0.1) is 0 Å². The summed E-state index contributed by atoms with van der Waals surface area (Å²) >= 11 is 0. The summed E-state index contributed by atoms with van der Waals surface area (Å²) < 4.78 is 5.72. The molecule has 0 aromatic heterocycles. The average Bonchev–Trinajstić information content (AvgIpc) is 2.40. The van der Waals surface area contributed by atoms with Crippen molar-refractivity contribution in [1.82, 2.24) is 4.90 Å². The van der Waals surface area contributed by atoms with Gasteiger partial charge in [-0.2, -0.15) is 0 Å². The molecule has 21 heavy (non-hydrogen) atoms. The number of hydrogen-bond donors (Lipinski definition) is 1. The highest BCUT2D eigenvalue weighted by atomic mass is 16.5. The van der Waals surface area contributed by atoms with Crippen LogP contribution in [0.5, 0.6) is 5.75 Å². The maximum absolute atomic E-state index is 12.0. The highest BCUT2D eigenvalue weighted by Crippen LogP contribution is 2.28. The van der Waals surface area contributed by atoms with E-state index in [1.54, 1.807) is 19.0 Å². The predicted octanol–water partition coefficient (Wildman–Crippen LogP) is 2.36. The van der Waals surface area contributed by atoms with E-state index in [-0.39, 0.29) is 12.0 Å². The molecule has 0 atom stereocenters. The third-order valence-electron chi connectivity index (χ3n) is 3.04. The summed E-state index contributed by atoms with van der Waals surface area (Å²) in [5, 5.41) is 0. The molecule has 1 amide bonds. The van der Waals surface area contributed by atoms with E-state index >= 15 is 0 Å². The molecule has 0 unspecified atom stereocenters. The fourth-order valence-corrected chi connectivity index (χ4v) is 1.95. The monoisotopic (exact) mass is 293 g/mol. The van der Waals surface area contributed by atoms with Gasteiger partial charge in [-0.25, -0.2) is 0 Å². The van der Waals surface area contributed by atoms with Crippen molar-refractivity contribution in [2.75, 3.05) is 37.8 Å². The predicted molar refractivity (Wildman–Crippen MR) is 87.8 cm³/mol. The number of likely N-dealkylation sites (N-methyl/N-ethyl adjacent to an activating group) is 1. The minimum atomic E-state index is 0.0607. The van der Waals surface area contributed by atoms with Gasteiger partial charge in [0.15, 0.2) is 0 Å². The number of nitrogens with zero attached hydrogens (tertiary/aromatic N) is 2. The van der Waals surface area contributed by atoms with Crippen LogP contribution in [-0.2, 0) is 4.79 Å². The van der Waals surface area contributed by atoms with Crippen molar-refractivity contribution < 1.29 is 9.53 Å². The first-order chi connectivity index (χ1) is 9.85. The van der Waals surface area contributed by atoms with Crippen LogP contribution in [0.3, 0.4) is 0 Å². The van der Waals surface area contributed by atoms with Crippen LogP contribution in [0.25, 0.3) is 0 Å². The lowest BCUT2D eigenvalue weighted by Crippen LogP contribution is -2.37. The van der Waals surface area contributed by atoms with E-state index in [0.717, 1.165) is 18.7 Å². The SMILES string of the molecule is CCCN(CC(=O)N(C)C)c1ccc(N)c(OC(C)C)c1. The first-order valence-electron chi connectivity index (χ1n) is 7.36. The van der Waals surface area contributed by atoms with Crippen molar-refractivity contribution >= 4 is 17.3 Å². The second-order valence-electron chi connectivity index (χ2n) is 5.60. The lowest BCUT2D eigenvalue weighted by Gasteiger charge is -2.26. The number of amides is 1. The van der Waals surface area contributed by atoms with Crippen LogP contribution in [0.2, 0.25) is 0 Å². The van der Waals surface area contributed by atoms with Gasteiger partial charge in [-0.3, -0.25) is 4.79 Å². The lowest BCUT2D eigenvalue weighted by atomic mass is 10.2. The fourth-order valence-electron chi connectivity index (χ4n) is 1.95. The Morgan fingerprint density at radius 3 is 2.52 bits per heavy atom. The molecule has 2 N–H and O–H groups in total. The molecule has 0 radical (unpaired) electrons. The minimum absolute atomic E-state index is 0.0607. The lowest BCUT2D eigenvalue weighted by molar-refractivity contribution is -0.127. The highest BCUT2D eigenvalue weighted by molar-refractivity contribution is 5.81. The van der Waals surface area contributed by atoms with Crippen molar-refractivity contribution in [3.05, 3.63) is 18.2 Å². The Morgan fingerprint density at radius 1 is 1.33 bits per heavy atom. The third kappa shape index (κ3) is 5.17. The second-order valence-corrected chi connectivity index (χ2v) is 5.60. The smallest absolute Gasteiger partial charge is 0.241 e. The maximum atomic E-state index is 12.0. The van der Waals surface area contributed by atoms with E-state index in [1.807, 2.05) is 32.0 Å². The van der Waals surface area contributed by atoms with Gasteiger partial charge in [0.1, 0.15) is 5.75 Å². The zero-order valence-electron chi connectivity index (χ0n) is 13.7. The van der Waals surface area contributed by atoms with Crippen molar-refractivity contribution in [3.63, 3.8) is 0 Å². The van der Waals surface area contributed by atoms with E-state index in [1.165, 1.54) is 0 Å². The van der Waals surface area contributed by atoms with E-state index in [2.05, 4.69) is 11.8 Å². The summed E-state index contributed by atoms with van der Waals surface area (Å²) in [6, 6.07) is 5.67. The topological polar surface area (TPSA) is 58.8 Å². The number of rotatable bonds is 7. The summed E-state index contributed by atoms with van der Waals surface area (Å²) in [4.78, 5) is 15.6. The minimum Gasteiger partial charge on any atom is -0.489 e. The quantitative estimate of drug-likeness (QED) is 0.784. The van der Waals surface area contributed by atoms with Gasteiger partial charge in [-0.1, -0.05) is 6.92 Å². The van der Waals surface area contributed by atoms with Gasteiger partial charge >= 0.3 is 0 Å². The molecule has 5 heteroatoms. The van der Waals surface area contributed by atoms with E-state index < -0.39 is 0 Å². The molecule has 1 aromatic carbocycles. The van der Waals surface area contributed by atoms with Crippen LogP contribution in [0.15, 0.2) is 18.2 Å². The first kappa shape index (κ1) is 17.1. The Hall–Kier alpha value is -1.91. The van der Waals surface area contributed by atoms with Crippen LogP contribution in [0.1, 0.15) is 27.2 Å². The normalized spacial score (nSPS) is 10.6. The Morgan fingerprint density at radius 2 is 2.00 bits per heavy atom. The zero-order valence-corrected chi connectivity index (χ0v) is 13.7. The van der Waals surface area contributed by atoms with Crippen molar-refractivity contribution in [2.24, 2.45) is 0 Å². The molecular weight excluding hydrogens is 266 g/mol. The molecule has 5 nitrogen and oxygen atoms in total. The van der Waals surface area contributed by atoms with Gasteiger partial charge in [0, 0.05) is 32.4 Å². The van der Waals surface area contributed by atoms with Gasteiger partial charge < -0.3 is 20.3 Å². The fraction of sp³-hybridized carbons (Fsp3) is 0.562. The molecule has 118 valence electrons. The maximum Gasteiger partial charge on any atom is 0.241 e. The van der Waals surface area contributed by atoms with Crippen LogP contribution in [0, 0.1) is 0 Å². The van der Waals surface area contributed by atoms with Crippen LogP contribution in [-0.4, -0.2) is 44.1 Å². The third-order valence-corrected chi connectivity index (χ3v) is 3.04. The molecule has 1 aromatic rings. The van der Waals surface area contributed by atoms with Gasteiger partial charge in [-0.05, 0) is 32.4 Å². The molecule has 0 saturated carbocycles. The Kier molecular flexibility index (Phi) is 6.34. The largest absolute Gasteiger partial charge is 0.489 e. The molecule has 0 fully saturated rings. The Labute approximate surface area is 127 Å². The summed E-state index contributed by atoms with van der Waals surface area (Å²) in [6.45, 7) is 7.18. The van der Waals surface area contributed by atoms with Crippen molar-refractivity contribution in [2.45, 2.75) is 33.3 Å². The van der Waals surface area contributed by atoms with E-state index in [4.69, 9.17) is 10.5 Å². The summed E-state index contributed by atoms with van der Waals surface area (Å²) in [5.41, 5.74) is 7.51. The molecule has 0 aliphatic carbocycles. The summed E-state index contributed by atoms with van der Waals surface area (Å²) in [6.07, 6.45) is 1.02. The number of nitrogens with two attached hydrogens (primary N) is 1. The zero-order chi connectivity index (χ0) is 16.0. The van der Waals surface area contributed by atoms with Crippen molar-refractivity contribution in [3.8, 4) is 5.75 Å². The van der Waals surface area contributed by atoms with Gasteiger partial charge in [0.25, 0.3) is 0 Å². The van der Waals surface area contributed by atoms with Crippen molar-refractivity contribution in [1.29, 1.82) is 0 Å². The van der Waals surface area contributed by atoms with E-state index in [0.29, 0.717) is 18.0 Å². The Balaban J connectivity index is 2.99. The molecule has 0 spiro atoms. The Bertz CT molecular complexity index is 473. The number of carbonyl (C=O) groups excluding carboxylic acids is 1. The number of carbonyl (C=O) groups is 1. The molecule has 0 aliphatic rings. The van der Waals surface area contributed by atoms with Gasteiger partial charge in [0.05, 0.1) is 18.3 Å². The number of ether oxygens (including phenoxy) is 1. The molecule has 0 saturated heterocycles. The first-order valence-corrected chi connectivity index (χ1v) is 7.36. The molecule has 0 heterocycles. The number of nitrogen functional groups attached to an aromatic ring is 1. The summed E-state index contributed by atoms with van der Waals surface area (Å²) in [5.74, 6) is 0.743. The van der Waals surface area contributed by atoms with Crippen LogP contribution < -0.4 is 15.4 Å².